The number of aryl methyl sites for hydroxylation is 2. The van der Waals surface area contributed by atoms with E-state index in [9.17, 15) is 8.42 Å². The number of benzene rings is 2. The molecule has 3 aromatic rings. The quantitative estimate of drug-likeness (QED) is 0.519. The molecule has 1 aliphatic heterocycles. The molecule has 0 spiro atoms. The van der Waals surface area contributed by atoms with Gasteiger partial charge >= 0.3 is 0 Å². The third kappa shape index (κ3) is 5.27. The molecule has 2 aromatic carbocycles. The third-order valence-corrected chi connectivity index (χ3v) is 7.38. The van der Waals surface area contributed by atoms with Crippen LogP contribution in [0.3, 0.4) is 0 Å². The van der Waals surface area contributed by atoms with Gasteiger partial charge in [-0.2, -0.15) is 0 Å². The van der Waals surface area contributed by atoms with E-state index in [1.807, 2.05) is 43.3 Å². The average Bonchev–Trinajstić information content (AvgIpc) is 2.73. The summed E-state index contributed by atoms with van der Waals surface area (Å²) >= 11 is 6.25. The molecular weight excluding hydrogens is 448 g/mol. The molecule has 7 nitrogen and oxygen atoms in total. The molecule has 1 aromatic heterocycles. The Morgan fingerprint density at radius 3 is 2.56 bits per heavy atom. The predicted octanol–water partition coefficient (Wildman–Crippen LogP) is 3.54. The normalized spacial score (nSPS) is 14.3. The summed E-state index contributed by atoms with van der Waals surface area (Å²) in [7, 11) is -3.51. The van der Waals surface area contributed by atoms with Gasteiger partial charge in [0, 0.05) is 16.3 Å². The van der Waals surface area contributed by atoms with Crippen LogP contribution in [0.1, 0.15) is 23.2 Å². The van der Waals surface area contributed by atoms with Crippen molar-refractivity contribution in [3.05, 3.63) is 70.4 Å². The Kier molecular flexibility index (Phi) is 6.76. The lowest BCUT2D eigenvalue weighted by atomic mass is 10.0. The van der Waals surface area contributed by atoms with E-state index in [0.29, 0.717) is 18.2 Å². The summed E-state index contributed by atoms with van der Waals surface area (Å²) in [5, 5.41) is 0.683. The van der Waals surface area contributed by atoms with Gasteiger partial charge in [0.05, 0.1) is 29.8 Å². The van der Waals surface area contributed by atoms with E-state index in [1.54, 1.807) is 12.1 Å². The number of aromatic nitrogens is 2. The second-order valence-electron chi connectivity index (χ2n) is 7.87. The number of halogens is 1. The fraction of sp³-hybridized carbons (Fsp3) is 0.304. The van der Waals surface area contributed by atoms with Crippen LogP contribution in [-0.2, 0) is 27.6 Å². The molecule has 0 radical (unpaired) electrons. The molecule has 32 heavy (non-hydrogen) atoms. The highest BCUT2D eigenvalue weighted by Crippen LogP contribution is 2.28. The van der Waals surface area contributed by atoms with E-state index in [0.717, 1.165) is 47.3 Å². The minimum absolute atomic E-state index is 0.138. The maximum Gasteiger partial charge on any atom is 0.240 e. The fourth-order valence-corrected chi connectivity index (χ4v) is 4.95. The third-order valence-electron chi connectivity index (χ3n) is 5.43. The van der Waals surface area contributed by atoms with Crippen molar-refractivity contribution in [3.8, 4) is 11.3 Å². The van der Waals surface area contributed by atoms with Crippen LogP contribution in [0, 0.1) is 6.92 Å². The summed E-state index contributed by atoms with van der Waals surface area (Å²) in [6.45, 7) is 2.79. The Hall–Kier alpha value is -2.52. The van der Waals surface area contributed by atoms with E-state index in [1.165, 1.54) is 0 Å². The SMILES string of the molecule is Cc1c(Cl)cccc1-c1cc(CCCc2ccc(S(=O)(=O)NC3COC3)cc2)nc(N)n1. The van der Waals surface area contributed by atoms with Crippen LogP contribution in [0.5, 0.6) is 0 Å². The lowest BCUT2D eigenvalue weighted by Gasteiger charge is -2.26. The standard InChI is InChI=1S/C23H25ClN4O3S/c1-15-20(6-3-7-21(15)24)22-12-17(26-23(25)27-22)5-2-4-16-8-10-19(11-9-16)32(29,30)28-18-13-31-14-18/h3,6-12,18,28H,2,4-5,13-14H2,1H3,(H2,25,26,27). The van der Waals surface area contributed by atoms with Crippen LogP contribution >= 0.6 is 11.6 Å². The van der Waals surface area contributed by atoms with E-state index in [-0.39, 0.29) is 16.9 Å². The molecule has 1 saturated heterocycles. The molecule has 3 N–H and O–H groups in total. The first-order chi connectivity index (χ1) is 15.3. The molecule has 4 rings (SSSR count). The van der Waals surface area contributed by atoms with Gasteiger partial charge in [0.25, 0.3) is 0 Å². The second kappa shape index (κ2) is 9.54. The highest BCUT2D eigenvalue weighted by atomic mass is 35.5. The van der Waals surface area contributed by atoms with Crippen molar-refractivity contribution in [2.75, 3.05) is 18.9 Å². The molecule has 9 heteroatoms. The Balaban J connectivity index is 1.39. The van der Waals surface area contributed by atoms with Crippen LogP contribution in [0.15, 0.2) is 53.4 Å². The zero-order valence-electron chi connectivity index (χ0n) is 17.7. The van der Waals surface area contributed by atoms with Crippen LogP contribution in [0.4, 0.5) is 5.95 Å². The lowest BCUT2D eigenvalue weighted by Crippen LogP contribution is -2.48. The van der Waals surface area contributed by atoms with Crippen LogP contribution in [0.2, 0.25) is 5.02 Å². The van der Waals surface area contributed by atoms with Gasteiger partial charge in [0.2, 0.25) is 16.0 Å². The Morgan fingerprint density at radius 1 is 1.12 bits per heavy atom. The van der Waals surface area contributed by atoms with Crippen molar-refractivity contribution >= 4 is 27.6 Å². The highest BCUT2D eigenvalue weighted by molar-refractivity contribution is 7.89. The van der Waals surface area contributed by atoms with Gasteiger partial charge in [-0.3, -0.25) is 0 Å². The zero-order valence-corrected chi connectivity index (χ0v) is 19.3. The topological polar surface area (TPSA) is 107 Å². The molecule has 0 aliphatic carbocycles. The van der Waals surface area contributed by atoms with Crippen molar-refractivity contribution in [2.24, 2.45) is 0 Å². The fourth-order valence-electron chi connectivity index (χ4n) is 3.57. The molecule has 1 fully saturated rings. The first-order valence-electron chi connectivity index (χ1n) is 10.4. The zero-order chi connectivity index (χ0) is 22.7. The molecule has 1 aliphatic rings. The molecule has 168 valence electrons. The van der Waals surface area contributed by atoms with Crippen LogP contribution in [0.25, 0.3) is 11.3 Å². The second-order valence-corrected chi connectivity index (χ2v) is 9.99. The minimum atomic E-state index is -3.51. The van der Waals surface area contributed by atoms with E-state index < -0.39 is 10.0 Å². The first-order valence-corrected chi connectivity index (χ1v) is 12.3. The smallest absolute Gasteiger partial charge is 0.240 e. The van der Waals surface area contributed by atoms with Crippen molar-refractivity contribution in [1.29, 1.82) is 0 Å². The van der Waals surface area contributed by atoms with Gasteiger partial charge in [0.15, 0.2) is 0 Å². The summed E-state index contributed by atoms with van der Waals surface area (Å²) in [6.07, 6.45) is 2.36. The summed E-state index contributed by atoms with van der Waals surface area (Å²) in [5.41, 5.74) is 10.5. The van der Waals surface area contributed by atoms with E-state index >= 15 is 0 Å². The first kappa shape index (κ1) is 22.7. The van der Waals surface area contributed by atoms with Gasteiger partial charge in [-0.25, -0.2) is 23.1 Å². The summed E-state index contributed by atoms with van der Waals surface area (Å²) in [5.74, 6) is 0.232. The number of hydrogen-bond donors (Lipinski definition) is 2. The van der Waals surface area contributed by atoms with Gasteiger partial charge in [-0.15, -0.1) is 0 Å². The maximum absolute atomic E-state index is 12.4. The molecule has 2 heterocycles. The average molecular weight is 473 g/mol. The summed E-state index contributed by atoms with van der Waals surface area (Å²) in [6, 6.07) is 14.5. The summed E-state index contributed by atoms with van der Waals surface area (Å²) < 4.78 is 32.4. The molecule has 0 unspecified atom stereocenters. The Bertz CT molecular complexity index is 1210. The van der Waals surface area contributed by atoms with Gasteiger partial charge in [0.1, 0.15) is 0 Å². The maximum atomic E-state index is 12.4. The number of nitrogens with two attached hydrogens (primary N) is 1. The van der Waals surface area contributed by atoms with Gasteiger partial charge in [-0.1, -0.05) is 35.9 Å². The van der Waals surface area contributed by atoms with Crippen molar-refractivity contribution < 1.29 is 13.2 Å². The lowest BCUT2D eigenvalue weighted by molar-refractivity contribution is 0.00482. The number of sulfonamides is 1. The van der Waals surface area contributed by atoms with Crippen LogP contribution < -0.4 is 10.5 Å². The Morgan fingerprint density at radius 2 is 1.88 bits per heavy atom. The number of hydrogen-bond acceptors (Lipinski definition) is 6. The number of rotatable bonds is 8. The van der Waals surface area contributed by atoms with Crippen molar-refractivity contribution in [3.63, 3.8) is 0 Å². The van der Waals surface area contributed by atoms with Gasteiger partial charge in [-0.05, 0) is 61.6 Å². The largest absolute Gasteiger partial charge is 0.378 e. The molecule has 0 atom stereocenters. The highest BCUT2D eigenvalue weighted by Gasteiger charge is 2.25. The predicted molar refractivity (Wildman–Crippen MR) is 125 cm³/mol. The number of nitrogens with one attached hydrogen (secondary N) is 1. The number of nitrogen functional groups attached to an aromatic ring is 1. The van der Waals surface area contributed by atoms with Crippen LogP contribution in [-0.4, -0.2) is 37.6 Å². The number of ether oxygens (including phenoxy) is 1. The van der Waals surface area contributed by atoms with E-state index in [2.05, 4.69) is 14.7 Å². The van der Waals surface area contributed by atoms with Crippen molar-refractivity contribution in [1.82, 2.24) is 14.7 Å². The van der Waals surface area contributed by atoms with E-state index in [4.69, 9.17) is 22.1 Å². The monoisotopic (exact) mass is 472 g/mol. The number of anilines is 1. The Labute approximate surface area is 193 Å². The summed E-state index contributed by atoms with van der Waals surface area (Å²) in [4.78, 5) is 9.00. The molecular formula is C23H25ClN4O3S. The molecule has 0 bridgehead atoms. The van der Waals surface area contributed by atoms with Crippen molar-refractivity contribution in [2.45, 2.75) is 37.1 Å². The number of nitrogens with zero attached hydrogens (tertiary/aromatic N) is 2. The van der Waals surface area contributed by atoms with Gasteiger partial charge < -0.3 is 10.5 Å². The molecule has 0 amide bonds. The minimum Gasteiger partial charge on any atom is -0.378 e. The molecule has 0 saturated carbocycles.